The molecular weight excluding hydrogens is 240 g/mol. The highest BCUT2D eigenvalue weighted by molar-refractivity contribution is 6.17. The summed E-state index contributed by atoms with van der Waals surface area (Å²) in [4.78, 5) is 11.6. The van der Waals surface area contributed by atoms with Gasteiger partial charge in [-0.2, -0.15) is 0 Å². The quantitative estimate of drug-likeness (QED) is 0.618. The molecule has 0 atom stereocenters. The second-order valence-corrected chi connectivity index (χ2v) is 4.01. The van der Waals surface area contributed by atoms with E-state index in [-0.39, 0.29) is 5.76 Å². The number of alkyl halides is 1. The van der Waals surface area contributed by atoms with Crippen molar-refractivity contribution in [2.24, 2.45) is 0 Å². The van der Waals surface area contributed by atoms with Crippen molar-refractivity contribution in [3.63, 3.8) is 0 Å². The first kappa shape index (κ1) is 12.0. The van der Waals surface area contributed by atoms with Crippen LogP contribution < -0.4 is 0 Å². The Kier molecular flexibility index (Phi) is 3.38. The summed E-state index contributed by atoms with van der Waals surface area (Å²) in [6.45, 7) is 3.94. The Labute approximate surface area is 104 Å². The van der Waals surface area contributed by atoms with Crippen molar-refractivity contribution < 1.29 is 13.9 Å². The second-order valence-electron chi connectivity index (χ2n) is 3.74. The van der Waals surface area contributed by atoms with Crippen LogP contribution in [-0.4, -0.2) is 12.6 Å². The minimum atomic E-state index is -0.423. The van der Waals surface area contributed by atoms with Gasteiger partial charge in [0.2, 0.25) is 5.76 Å². The molecule has 0 fully saturated rings. The zero-order valence-electron chi connectivity index (χ0n) is 9.75. The molecule has 0 aliphatic rings. The highest BCUT2D eigenvalue weighted by Gasteiger charge is 2.18. The van der Waals surface area contributed by atoms with Crippen LogP contribution in [0.5, 0.6) is 0 Å². The van der Waals surface area contributed by atoms with E-state index in [9.17, 15) is 4.79 Å². The van der Waals surface area contributed by atoms with E-state index >= 15 is 0 Å². The molecule has 0 unspecified atom stereocenters. The first-order chi connectivity index (χ1) is 8.17. The van der Waals surface area contributed by atoms with Gasteiger partial charge in [0.25, 0.3) is 0 Å². The Morgan fingerprint density at radius 2 is 2.24 bits per heavy atom. The molecule has 0 amide bonds. The molecule has 0 aliphatic carbocycles. The van der Waals surface area contributed by atoms with E-state index in [0.717, 1.165) is 16.5 Å². The number of furan rings is 1. The highest BCUT2D eigenvalue weighted by atomic mass is 35.5. The van der Waals surface area contributed by atoms with Gasteiger partial charge in [-0.05, 0) is 31.5 Å². The van der Waals surface area contributed by atoms with Crippen LogP contribution in [0, 0.1) is 6.92 Å². The van der Waals surface area contributed by atoms with Gasteiger partial charge in [-0.1, -0.05) is 6.07 Å². The number of aryl methyl sites for hydroxylation is 1. The van der Waals surface area contributed by atoms with Crippen LogP contribution in [0.3, 0.4) is 0 Å². The number of halogens is 1. The molecule has 1 heterocycles. The molecule has 2 aromatic rings. The molecule has 0 aliphatic heterocycles. The van der Waals surface area contributed by atoms with Gasteiger partial charge in [-0.15, -0.1) is 11.6 Å². The number of hydrogen-bond donors (Lipinski definition) is 0. The maximum absolute atomic E-state index is 11.6. The van der Waals surface area contributed by atoms with Crippen LogP contribution in [0.15, 0.2) is 22.6 Å². The van der Waals surface area contributed by atoms with Gasteiger partial charge in [0, 0.05) is 16.8 Å². The predicted molar refractivity (Wildman–Crippen MR) is 66.5 cm³/mol. The molecule has 90 valence electrons. The molecule has 0 spiro atoms. The number of esters is 1. The molecule has 1 aromatic carbocycles. The maximum atomic E-state index is 11.6. The first-order valence-electron chi connectivity index (χ1n) is 5.42. The third-order valence-electron chi connectivity index (χ3n) is 2.62. The molecule has 0 N–H and O–H groups in total. The van der Waals surface area contributed by atoms with Gasteiger partial charge in [0.05, 0.1) is 6.61 Å². The zero-order valence-corrected chi connectivity index (χ0v) is 10.5. The smallest absolute Gasteiger partial charge is 0.374 e. The summed E-state index contributed by atoms with van der Waals surface area (Å²) in [5, 5.41) is 0.909. The van der Waals surface area contributed by atoms with E-state index in [4.69, 9.17) is 20.8 Å². The molecule has 3 nitrogen and oxygen atoms in total. The molecule has 0 saturated heterocycles. The summed E-state index contributed by atoms with van der Waals surface area (Å²) in [7, 11) is 0. The van der Waals surface area contributed by atoms with Gasteiger partial charge < -0.3 is 9.15 Å². The number of carbonyl (C=O) groups is 1. The van der Waals surface area contributed by atoms with Crippen molar-refractivity contribution in [2.45, 2.75) is 19.7 Å². The average Bonchev–Trinajstić information content (AvgIpc) is 2.67. The van der Waals surface area contributed by atoms with Crippen molar-refractivity contribution >= 4 is 28.5 Å². The normalized spacial score (nSPS) is 10.8. The topological polar surface area (TPSA) is 39.4 Å². The minimum absolute atomic E-state index is 0.272. The van der Waals surface area contributed by atoms with Gasteiger partial charge in [-0.25, -0.2) is 4.79 Å². The summed E-state index contributed by atoms with van der Waals surface area (Å²) < 4.78 is 10.4. The zero-order chi connectivity index (χ0) is 12.4. The Morgan fingerprint density at radius 1 is 1.47 bits per heavy atom. The summed E-state index contributed by atoms with van der Waals surface area (Å²) in [6.07, 6.45) is 0. The fourth-order valence-electron chi connectivity index (χ4n) is 1.74. The van der Waals surface area contributed by atoms with E-state index in [1.807, 2.05) is 25.1 Å². The van der Waals surface area contributed by atoms with Crippen molar-refractivity contribution in [1.82, 2.24) is 0 Å². The van der Waals surface area contributed by atoms with E-state index in [1.165, 1.54) is 0 Å². The van der Waals surface area contributed by atoms with Crippen LogP contribution in [0.4, 0.5) is 0 Å². The van der Waals surface area contributed by atoms with Crippen LogP contribution in [0.1, 0.15) is 28.6 Å². The van der Waals surface area contributed by atoms with Crippen molar-refractivity contribution in [3.05, 3.63) is 35.1 Å². The lowest BCUT2D eigenvalue weighted by Gasteiger charge is -1.98. The van der Waals surface area contributed by atoms with Crippen LogP contribution in [-0.2, 0) is 10.6 Å². The Morgan fingerprint density at radius 3 is 2.88 bits per heavy atom. The average molecular weight is 253 g/mol. The predicted octanol–water partition coefficient (Wildman–Crippen LogP) is 3.66. The standard InChI is InChI=1S/C13H13ClO3/c1-3-16-13(15)12-8(2)10-6-9(7-14)4-5-11(10)17-12/h4-6H,3,7H2,1-2H3. The van der Waals surface area contributed by atoms with Crippen molar-refractivity contribution in [2.75, 3.05) is 6.61 Å². The summed E-state index contributed by atoms with van der Waals surface area (Å²) >= 11 is 5.78. The number of carbonyl (C=O) groups excluding carboxylic acids is 1. The Bertz CT molecular complexity index is 557. The van der Waals surface area contributed by atoms with E-state index in [0.29, 0.717) is 18.1 Å². The van der Waals surface area contributed by atoms with Crippen molar-refractivity contribution in [3.8, 4) is 0 Å². The molecule has 0 radical (unpaired) electrons. The number of fused-ring (bicyclic) bond motifs is 1. The molecule has 0 saturated carbocycles. The SMILES string of the molecule is CCOC(=O)c1oc2ccc(CCl)cc2c1C. The number of hydrogen-bond acceptors (Lipinski definition) is 3. The van der Waals surface area contributed by atoms with Crippen LogP contribution >= 0.6 is 11.6 Å². The molecule has 2 rings (SSSR count). The largest absolute Gasteiger partial charge is 0.460 e. The summed E-state index contributed by atoms with van der Waals surface area (Å²) in [5.41, 5.74) is 2.48. The lowest BCUT2D eigenvalue weighted by molar-refractivity contribution is 0.0491. The number of ether oxygens (including phenoxy) is 1. The van der Waals surface area contributed by atoms with Gasteiger partial charge in [-0.3, -0.25) is 0 Å². The van der Waals surface area contributed by atoms with Crippen LogP contribution in [0.2, 0.25) is 0 Å². The van der Waals surface area contributed by atoms with E-state index < -0.39 is 5.97 Å². The fourth-order valence-corrected chi connectivity index (χ4v) is 1.91. The fraction of sp³-hybridized carbons (Fsp3) is 0.308. The second kappa shape index (κ2) is 4.80. The molecular formula is C13H13ClO3. The first-order valence-corrected chi connectivity index (χ1v) is 5.96. The van der Waals surface area contributed by atoms with Crippen LogP contribution in [0.25, 0.3) is 11.0 Å². The molecule has 0 bridgehead atoms. The molecule has 17 heavy (non-hydrogen) atoms. The Hall–Kier alpha value is -1.48. The monoisotopic (exact) mass is 252 g/mol. The number of benzene rings is 1. The minimum Gasteiger partial charge on any atom is -0.460 e. The van der Waals surface area contributed by atoms with E-state index in [1.54, 1.807) is 6.92 Å². The lowest BCUT2D eigenvalue weighted by Crippen LogP contribution is -2.04. The summed E-state index contributed by atoms with van der Waals surface area (Å²) in [5.74, 6) is 0.289. The van der Waals surface area contributed by atoms with Gasteiger partial charge in [0.1, 0.15) is 5.58 Å². The maximum Gasteiger partial charge on any atom is 0.374 e. The van der Waals surface area contributed by atoms with Gasteiger partial charge >= 0.3 is 5.97 Å². The highest BCUT2D eigenvalue weighted by Crippen LogP contribution is 2.27. The van der Waals surface area contributed by atoms with Crippen molar-refractivity contribution in [1.29, 1.82) is 0 Å². The third kappa shape index (κ3) is 2.15. The van der Waals surface area contributed by atoms with Gasteiger partial charge in [0.15, 0.2) is 0 Å². The van der Waals surface area contributed by atoms with E-state index in [2.05, 4.69) is 0 Å². The lowest BCUT2D eigenvalue weighted by atomic mass is 10.1. The summed E-state index contributed by atoms with van der Waals surface area (Å²) in [6, 6.07) is 5.64. The molecule has 4 heteroatoms. The Balaban J connectivity index is 2.53. The molecule has 1 aromatic heterocycles. The third-order valence-corrected chi connectivity index (χ3v) is 2.92. The number of rotatable bonds is 3.